The highest BCUT2D eigenvalue weighted by atomic mass is 32.2. The third kappa shape index (κ3) is 7.21. The van der Waals surface area contributed by atoms with E-state index in [1.807, 2.05) is 0 Å². The van der Waals surface area contributed by atoms with Gasteiger partial charge in [-0.25, -0.2) is 0 Å². The first kappa shape index (κ1) is 27.2. The van der Waals surface area contributed by atoms with Crippen LogP contribution in [0.15, 0.2) is 0 Å². The van der Waals surface area contributed by atoms with Crippen molar-refractivity contribution in [2.75, 3.05) is 19.0 Å². The number of thioether (sulfide) groups is 1. The van der Waals surface area contributed by atoms with Crippen molar-refractivity contribution in [1.29, 1.82) is 0 Å². The molecule has 2 aliphatic rings. The Morgan fingerprint density at radius 2 is 1.35 bits per heavy atom. The van der Waals surface area contributed by atoms with Crippen LogP contribution in [0.1, 0.15) is 45.4 Å². The van der Waals surface area contributed by atoms with Gasteiger partial charge in [0.05, 0.1) is 13.2 Å². The number of ether oxygens (including phenoxy) is 3. The molecule has 0 amide bonds. The molecule has 31 heavy (non-hydrogen) atoms. The van der Waals surface area contributed by atoms with Gasteiger partial charge in [0.1, 0.15) is 54.3 Å². The first-order chi connectivity index (χ1) is 14.8. The van der Waals surface area contributed by atoms with E-state index < -0.39 is 73.8 Å². The number of hydrogen-bond acceptors (Lipinski definition) is 11. The predicted molar refractivity (Wildman–Crippen MR) is 112 cm³/mol. The summed E-state index contributed by atoms with van der Waals surface area (Å²) < 4.78 is 16.6. The van der Waals surface area contributed by atoms with Gasteiger partial charge in [0.15, 0.2) is 6.29 Å². The molecule has 7 N–H and O–H groups in total. The zero-order valence-corrected chi connectivity index (χ0v) is 18.7. The number of aliphatic hydroxyl groups excluding tert-OH is 7. The second-order valence-corrected chi connectivity index (χ2v) is 9.35. The summed E-state index contributed by atoms with van der Waals surface area (Å²) in [5, 5.41) is 70.0. The monoisotopic (exact) mass is 470 g/mol. The van der Waals surface area contributed by atoms with E-state index in [1.54, 1.807) is 0 Å². The van der Waals surface area contributed by atoms with E-state index in [-0.39, 0.29) is 0 Å². The summed E-state index contributed by atoms with van der Waals surface area (Å²) >= 11 is 1.36. The molecule has 0 bridgehead atoms. The summed E-state index contributed by atoms with van der Waals surface area (Å²) in [7, 11) is 0. The van der Waals surface area contributed by atoms with Crippen LogP contribution < -0.4 is 0 Å². The van der Waals surface area contributed by atoms with Gasteiger partial charge in [0.2, 0.25) is 0 Å². The molecule has 0 aromatic carbocycles. The number of hydrogen-bond donors (Lipinski definition) is 7. The Labute approximate surface area is 187 Å². The van der Waals surface area contributed by atoms with Crippen LogP contribution in [-0.2, 0) is 14.2 Å². The average molecular weight is 471 g/mol. The lowest BCUT2D eigenvalue weighted by Crippen LogP contribution is -2.64. The second kappa shape index (κ2) is 13.6. The maximum atomic E-state index is 10.6. The molecule has 0 saturated carbocycles. The Kier molecular flexibility index (Phi) is 11.9. The Bertz CT molecular complexity index is 497. The van der Waals surface area contributed by atoms with Crippen LogP contribution in [0.4, 0.5) is 0 Å². The van der Waals surface area contributed by atoms with E-state index in [4.69, 9.17) is 14.2 Å². The Morgan fingerprint density at radius 1 is 0.710 bits per heavy atom. The molecule has 2 rings (SSSR count). The maximum Gasteiger partial charge on any atom is 0.187 e. The third-order valence-electron chi connectivity index (χ3n) is 5.74. The normalized spacial score (nSPS) is 41.4. The van der Waals surface area contributed by atoms with Crippen LogP contribution >= 0.6 is 11.8 Å². The van der Waals surface area contributed by atoms with Gasteiger partial charge < -0.3 is 50.0 Å². The molecule has 2 heterocycles. The van der Waals surface area contributed by atoms with Gasteiger partial charge in [-0.05, 0) is 12.2 Å². The Balaban J connectivity index is 1.90. The van der Waals surface area contributed by atoms with E-state index in [2.05, 4.69) is 6.92 Å². The van der Waals surface area contributed by atoms with E-state index in [0.717, 1.165) is 25.0 Å². The Morgan fingerprint density at radius 3 is 2.00 bits per heavy atom. The Hall–Kier alpha value is -0.0500. The van der Waals surface area contributed by atoms with E-state index in [1.165, 1.54) is 31.0 Å². The third-order valence-corrected chi connectivity index (χ3v) is 6.98. The van der Waals surface area contributed by atoms with Crippen molar-refractivity contribution in [3.05, 3.63) is 0 Å². The van der Waals surface area contributed by atoms with Gasteiger partial charge in [-0.15, -0.1) is 11.8 Å². The van der Waals surface area contributed by atoms with Crippen molar-refractivity contribution < 1.29 is 50.0 Å². The highest BCUT2D eigenvalue weighted by Crippen LogP contribution is 2.33. The molecule has 0 aromatic heterocycles. The lowest BCUT2D eigenvalue weighted by atomic mass is 9.97. The molecule has 2 fully saturated rings. The quantitative estimate of drug-likeness (QED) is 0.169. The predicted octanol–water partition coefficient (Wildman–Crippen LogP) is -1.30. The summed E-state index contributed by atoms with van der Waals surface area (Å²) in [6.45, 7) is 1.02. The van der Waals surface area contributed by atoms with Crippen molar-refractivity contribution in [1.82, 2.24) is 0 Å². The van der Waals surface area contributed by atoms with Gasteiger partial charge in [-0.3, -0.25) is 0 Å². The standard InChI is InChI=1S/C20H38O10S/c1-2-3-4-5-6-7-8-31-20-17(27)15(25)18(12(10-22)29-20)30-19-16(26)14(24)13(23)11(9-21)28-19/h11-27H,2-10H2,1H3/t11-,12-,13-,14+,15-,16-,17-,18-,19-,20+/m1/s1. The molecule has 0 spiro atoms. The summed E-state index contributed by atoms with van der Waals surface area (Å²) in [5.41, 5.74) is -0.752. The van der Waals surface area contributed by atoms with Crippen molar-refractivity contribution >= 4 is 11.8 Å². The number of aliphatic hydroxyl groups is 7. The molecule has 0 unspecified atom stereocenters. The summed E-state index contributed by atoms with van der Waals surface area (Å²) in [4.78, 5) is 0. The first-order valence-corrected chi connectivity index (χ1v) is 12.1. The van der Waals surface area contributed by atoms with Crippen molar-refractivity contribution in [3.63, 3.8) is 0 Å². The lowest BCUT2D eigenvalue weighted by molar-refractivity contribution is -0.338. The minimum absolute atomic E-state index is 0.514. The average Bonchev–Trinajstić information content (AvgIpc) is 2.77. The molecule has 10 nitrogen and oxygen atoms in total. The fourth-order valence-electron chi connectivity index (χ4n) is 3.77. The summed E-state index contributed by atoms with van der Waals surface area (Å²) in [6.07, 6.45) is -5.77. The lowest BCUT2D eigenvalue weighted by Gasteiger charge is -2.46. The molecular formula is C20H38O10S. The molecule has 0 aromatic rings. The fourth-order valence-corrected chi connectivity index (χ4v) is 4.96. The van der Waals surface area contributed by atoms with Crippen molar-refractivity contribution in [2.45, 2.75) is 106 Å². The molecule has 184 valence electrons. The van der Waals surface area contributed by atoms with Gasteiger partial charge in [-0.2, -0.15) is 0 Å². The van der Waals surface area contributed by atoms with E-state index in [9.17, 15) is 35.7 Å². The van der Waals surface area contributed by atoms with Gasteiger partial charge in [0.25, 0.3) is 0 Å². The van der Waals surface area contributed by atoms with Crippen molar-refractivity contribution in [2.24, 2.45) is 0 Å². The summed E-state index contributed by atoms with van der Waals surface area (Å²) in [6, 6.07) is 0. The van der Waals surface area contributed by atoms with Crippen LogP contribution in [0.5, 0.6) is 0 Å². The van der Waals surface area contributed by atoms with Crippen LogP contribution in [0.25, 0.3) is 0 Å². The zero-order chi connectivity index (χ0) is 23.0. The molecule has 2 aliphatic heterocycles. The van der Waals surface area contributed by atoms with Gasteiger partial charge in [0, 0.05) is 0 Å². The minimum Gasteiger partial charge on any atom is -0.394 e. The minimum atomic E-state index is -1.67. The first-order valence-electron chi connectivity index (χ1n) is 11.1. The SMILES string of the molecule is CCCCCCCCS[C@@H]1O[C@H](CO)[C@@H](O[C@H]2O[C@H](CO)[C@@H](O)[C@H](O)[C@H]2O)[C@H](O)[C@H]1O. The smallest absolute Gasteiger partial charge is 0.187 e. The fraction of sp³-hybridized carbons (Fsp3) is 1.00. The van der Waals surface area contributed by atoms with Crippen LogP contribution in [0.3, 0.4) is 0 Å². The van der Waals surface area contributed by atoms with Crippen molar-refractivity contribution in [3.8, 4) is 0 Å². The van der Waals surface area contributed by atoms with Crippen LogP contribution in [0.2, 0.25) is 0 Å². The number of rotatable bonds is 12. The molecule has 0 aliphatic carbocycles. The topological polar surface area (TPSA) is 169 Å². The maximum absolute atomic E-state index is 10.6. The van der Waals surface area contributed by atoms with Crippen LogP contribution in [-0.4, -0.2) is 115 Å². The largest absolute Gasteiger partial charge is 0.394 e. The highest BCUT2D eigenvalue weighted by molar-refractivity contribution is 7.99. The molecule has 0 radical (unpaired) electrons. The number of unbranched alkanes of at least 4 members (excludes halogenated alkanes) is 5. The van der Waals surface area contributed by atoms with Crippen LogP contribution in [0, 0.1) is 0 Å². The van der Waals surface area contributed by atoms with E-state index >= 15 is 0 Å². The van der Waals surface area contributed by atoms with E-state index in [0.29, 0.717) is 0 Å². The molecule has 11 heteroatoms. The molecule has 10 atom stereocenters. The molecule has 2 saturated heterocycles. The van der Waals surface area contributed by atoms with Gasteiger partial charge in [-0.1, -0.05) is 39.0 Å². The second-order valence-electron chi connectivity index (χ2n) is 8.14. The zero-order valence-electron chi connectivity index (χ0n) is 17.9. The summed E-state index contributed by atoms with van der Waals surface area (Å²) in [5.74, 6) is 0.733. The molecular weight excluding hydrogens is 432 g/mol. The highest BCUT2D eigenvalue weighted by Gasteiger charge is 2.50. The van der Waals surface area contributed by atoms with Gasteiger partial charge >= 0.3 is 0 Å².